The molecular formula is C17H21N3O3S2. The summed E-state index contributed by atoms with van der Waals surface area (Å²) in [5.74, 6) is -0.766. The first-order valence-electron chi connectivity index (χ1n) is 8.26. The molecule has 1 atom stereocenters. The summed E-state index contributed by atoms with van der Waals surface area (Å²) < 4.78 is 2.53. The van der Waals surface area contributed by atoms with Crippen LogP contribution in [-0.4, -0.2) is 47.6 Å². The van der Waals surface area contributed by atoms with Gasteiger partial charge in [-0.25, -0.2) is 0 Å². The number of nitrogens with one attached hydrogen (secondary N) is 1. The van der Waals surface area contributed by atoms with Gasteiger partial charge in [-0.2, -0.15) is 4.31 Å². The largest absolute Gasteiger partial charge is 0.481 e. The van der Waals surface area contributed by atoms with Crippen molar-refractivity contribution in [1.82, 2.24) is 14.2 Å². The Hall–Kier alpha value is -1.61. The number of hydrogen-bond acceptors (Lipinski definition) is 5. The van der Waals surface area contributed by atoms with Crippen LogP contribution in [0.4, 0.5) is 0 Å². The van der Waals surface area contributed by atoms with Crippen LogP contribution in [0.15, 0.2) is 30.5 Å². The van der Waals surface area contributed by atoms with Crippen LogP contribution in [0.1, 0.15) is 31.2 Å². The molecule has 0 saturated carbocycles. The van der Waals surface area contributed by atoms with E-state index in [1.54, 1.807) is 4.90 Å². The molecule has 1 aromatic carbocycles. The summed E-state index contributed by atoms with van der Waals surface area (Å²) in [7, 11) is 0. The molecule has 1 aliphatic heterocycles. The van der Waals surface area contributed by atoms with Gasteiger partial charge in [0.2, 0.25) is 0 Å². The van der Waals surface area contributed by atoms with Gasteiger partial charge in [0, 0.05) is 36.6 Å². The van der Waals surface area contributed by atoms with Crippen molar-refractivity contribution in [3.05, 3.63) is 36.0 Å². The summed E-state index contributed by atoms with van der Waals surface area (Å²) in [4.78, 5) is 15.6. The van der Waals surface area contributed by atoms with E-state index in [2.05, 4.69) is 11.1 Å². The number of fused-ring (bicyclic) bond motifs is 1. The number of aliphatic hydroxyl groups excluding tert-OH is 1. The Morgan fingerprint density at radius 1 is 1.28 bits per heavy atom. The van der Waals surface area contributed by atoms with Crippen molar-refractivity contribution in [3.63, 3.8) is 0 Å². The Morgan fingerprint density at radius 3 is 2.88 bits per heavy atom. The molecule has 0 aliphatic carbocycles. The molecule has 134 valence electrons. The quantitative estimate of drug-likeness (QED) is 0.369. The van der Waals surface area contributed by atoms with E-state index in [0.29, 0.717) is 23.8 Å². The van der Waals surface area contributed by atoms with Crippen LogP contribution in [0, 0.1) is 0 Å². The van der Waals surface area contributed by atoms with Crippen molar-refractivity contribution < 1.29 is 15.0 Å². The van der Waals surface area contributed by atoms with Gasteiger partial charge in [-0.1, -0.05) is 36.8 Å². The molecule has 0 bridgehead atoms. The molecule has 3 N–H and O–H groups in total. The molecular weight excluding hydrogens is 358 g/mol. The number of aromatic amines is 1. The standard InChI is InChI=1S/C17H21N3O3S2/c21-15(22)8-2-1-5-9-19-16(23)20(25-17(19)24)11-12-10-18-14-7-4-3-6-13(12)14/h3-4,6-7,10,16,18,23H,1-2,5,8-9,11H2,(H,21,22). The van der Waals surface area contributed by atoms with E-state index in [0.717, 1.165) is 29.3 Å². The van der Waals surface area contributed by atoms with E-state index in [-0.39, 0.29) is 6.42 Å². The van der Waals surface area contributed by atoms with Crippen molar-refractivity contribution in [2.45, 2.75) is 38.6 Å². The maximum Gasteiger partial charge on any atom is 0.303 e. The van der Waals surface area contributed by atoms with Gasteiger partial charge in [0.25, 0.3) is 0 Å². The predicted octanol–water partition coefficient (Wildman–Crippen LogP) is 3.14. The molecule has 6 nitrogen and oxygen atoms in total. The number of aliphatic carboxylic acids is 1. The van der Waals surface area contributed by atoms with Crippen LogP contribution in [-0.2, 0) is 11.3 Å². The van der Waals surface area contributed by atoms with Gasteiger partial charge in [-0.3, -0.25) is 4.79 Å². The maximum atomic E-state index is 10.6. The van der Waals surface area contributed by atoms with E-state index in [1.807, 2.05) is 28.7 Å². The molecule has 1 aliphatic rings. The number of carboxylic acid groups (broad SMARTS) is 1. The van der Waals surface area contributed by atoms with Crippen LogP contribution in [0.2, 0.25) is 0 Å². The highest BCUT2D eigenvalue weighted by Crippen LogP contribution is 2.32. The fourth-order valence-corrected chi connectivity index (χ4v) is 4.31. The van der Waals surface area contributed by atoms with Gasteiger partial charge >= 0.3 is 5.97 Å². The van der Waals surface area contributed by atoms with Gasteiger partial charge in [-0.15, -0.1) is 0 Å². The fraction of sp³-hybridized carbons (Fsp3) is 0.412. The summed E-state index contributed by atoms with van der Waals surface area (Å²) in [5, 5.41) is 20.4. The monoisotopic (exact) mass is 379 g/mol. The van der Waals surface area contributed by atoms with Crippen LogP contribution >= 0.6 is 24.2 Å². The number of aliphatic hydroxyl groups is 1. The lowest BCUT2D eigenvalue weighted by molar-refractivity contribution is -0.137. The van der Waals surface area contributed by atoms with Crippen molar-refractivity contribution in [2.24, 2.45) is 0 Å². The Kier molecular flexibility index (Phi) is 5.95. The predicted molar refractivity (Wildman–Crippen MR) is 103 cm³/mol. The smallest absolute Gasteiger partial charge is 0.303 e. The first-order valence-corrected chi connectivity index (χ1v) is 9.44. The lowest BCUT2D eigenvalue weighted by Gasteiger charge is -2.24. The summed E-state index contributed by atoms with van der Waals surface area (Å²) in [6, 6.07) is 8.08. The third-order valence-electron chi connectivity index (χ3n) is 4.26. The highest BCUT2D eigenvalue weighted by Gasteiger charge is 2.34. The van der Waals surface area contributed by atoms with E-state index in [4.69, 9.17) is 17.3 Å². The third kappa shape index (κ3) is 4.33. The Morgan fingerprint density at radius 2 is 2.08 bits per heavy atom. The molecule has 1 saturated heterocycles. The molecule has 0 spiro atoms. The number of carbonyl (C=O) groups is 1. The number of rotatable bonds is 8. The minimum Gasteiger partial charge on any atom is -0.481 e. The molecule has 2 aromatic rings. The highest BCUT2D eigenvalue weighted by molar-refractivity contribution is 8.21. The van der Waals surface area contributed by atoms with E-state index in [9.17, 15) is 9.90 Å². The summed E-state index contributed by atoms with van der Waals surface area (Å²) >= 11 is 6.78. The summed E-state index contributed by atoms with van der Waals surface area (Å²) in [6.45, 7) is 1.22. The Labute approximate surface area is 155 Å². The lowest BCUT2D eigenvalue weighted by atomic mass is 10.2. The molecule has 25 heavy (non-hydrogen) atoms. The summed E-state index contributed by atoms with van der Waals surface area (Å²) in [5.41, 5.74) is 2.20. The average Bonchev–Trinajstić information content (AvgIpc) is 3.10. The van der Waals surface area contributed by atoms with E-state index < -0.39 is 12.3 Å². The Balaban J connectivity index is 1.55. The topological polar surface area (TPSA) is 79.8 Å². The van der Waals surface area contributed by atoms with E-state index >= 15 is 0 Å². The fourth-order valence-electron chi connectivity index (χ4n) is 2.94. The zero-order chi connectivity index (χ0) is 17.8. The summed E-state index contributed by atoms with van der Waals surface area (Å²) in [6.07, 6.45) is 3.67. The van der Waals surface area contributed by atoms with Crippen molar-refractivity contribution >= 4 is 45.4 Å². The van der Waals surface area contributed by atoms with Crippen LogP contribution in [0.5, 0.6) is 0 Å². The SMILES string of the molecule is O=C(O)CCCCCN1C(=S)SN(Cc2c[nH]c3ccccc23)C1O. The second-order valence-corrected chi connectivity index (χ2v) is 7.72. The number of unbranched alkanes of at least 4 members (excludes halogenated alkanes) is 2. The van der Waals surface area contributed by atoms with Gasteiger partial charge in [-0.05, 0) is 36.4 Å². The molecule has 0 amide bonds. The van der Waals surface area contributed by atoms with Crippen LogP contribution in [0.3, 0.4) is 0 Å². The third-order valence-corrected chi connectivity index (χ3v) is 5.66. The second kappa shape index (κ2) is 8.18. The van der Waals surface area contributed by atoms with Gasteiger partial charge < -0.3 is 20.1 Å². The number of para-hydroxylation sites is 1. The minimum absolute atomic E-state index is 0.189. The van der Waals surface area contributed by atoms with Gasteiger partial charge in [0.1, 0.15) is 0 Å². The number of benzene rings is 1. The second-order valence-electron chi connectivity index (χ2n) is 6.04. The van der Waals surface area contributed by atoms with Crippen molar-refractivity contribution in [3.8, 4) is 0 Å². The molecule has 8 heteroatoms. The average molecular weight is 380 g/mol. The lowest BCUT2D eigenvalue weighted by Crippen LogP contribution is -2.39. The zero-order valence-corrected chi connectivity index (χ0v) is 15.4. The van der Waals surface area contributed by atoms with E-state index in [1.165, 1.54) is 11.9 Å². The number of H-pyrrole nitrogens is 1. The Bertz CT molecular complexity index is 764. The van der Waals surface area contributed by atoms with Crippen LogP contribution < -0.4 is 0 Å². The molecule has 1 unspecified atom stereocenters. The molecule has 3 rings (SSSR count). The number of nitrogens with zero attached hydrogens (tertiary/aromatic N) is 2. The number of aromatic nitrogens is 1. The molecule has 1 aromatic heterocycles. The van der Waals surface area contributed by atoms with Crippen molar-refractivity contribution in [1.29, 1.82) is 0 Å². The first-order chi connectivity index (χ1) is 12.1. The molecule has 2 heterocycles. The normalized spacial score (nSPS) is 18.4. The maximum absolute atomic E-state index is 10.6. The zero-order valence-electron chi connectivity index (χ0n) is 13.7. The van der Waals surface area contributed by atoms with Gasteiger partial charge in [0.05, 0.1) is 0 Å². The number of carboxylic acids is 1. The number of hydrogen-bond donors (Lipinski definition) is 3. The highest BCUT2D eigenvalue weighted by atomic mass is 32.2. The van der Waals surface area contributed by atoms with Crippen LogP contribution in [0.25, 0.3) is 10.9 Å². The molecule has 1 fully saturated rings. The number of thiocarbonyl (C=S) groups is 1. The molecule has 0 radical (unpaired) electrons. The van der Waals surface area contributed by atoms with Gasteiger partial charge in [0.15, 0.2) is 10.7 Å². The minimum atomic E-state index is -0.766. The first kappa shape index (κ1) is 18.2. The van der Waals surface area contributed by atoms with Crippen molar-refractivity contribution in [2.75, 3.05) is 6.54 Å².